The van der Waals surface area contributed by atoms with Crippen LogP contribution in [-0.4, -0.2) is 44.7 Å². The van der Waals surface area contributed by atoms with Gasteiger partial charge < -0.3 is 5.32 Å². The quantitative estimate of drug-likeness (QED) is 0.606. The summed E-state index contributed by atoms with van der Waals surface area (Å²) in [4.78, 5) is 19.3. The van der Waals surface area contributed by atoms with Crippen LogP contribution < -0.4 is 10.0 Å². The van der Waals surface area contributed by atoms with Gasteiger partial charge in [0.25, 0.3) is 10.0 Å². The van der Waals surface area contributed by atoms with E-state index in [9.17, 15) is 13.2 Å². The Morgan fingerprint density at radius 3 is 2.62 bits per heavy atom. The van der Waals surface area contributed by atoms with Crippen molar-refractivity contribution < 1.29 is 13.2 Å². The van der Waals surface area contributed by atoms with E-state index in [0.717, 1.165) is 13.0 Å². The lowest BCUT2D eigenvalue weighted by molar-refractivity contribution is -0.117. The molecule has 8 heteroatoms. The Bertz CT molecular complexity index is 1080. The van der Waals surface area contributed by atoms with E-state index in [1.807, 2.05) is 18.2 Å². The van der Waals surface area contributed by atoms with E-state index in [-0.39, 0.29) is 23.4 Å². The minimum atomic E-state index is -3.72. The molecule has 0 saturated heterocycles. The highest BCUT2D eigenvalue weighted by Crippen LogP contribution is 2.32. The summed E-state index contributed by atoms with van der Waals surface area (Å²) in [7, 11) is -3.72. The van der Waals surface area contributed by atoms with Crippen molar-refractivity contribution in [1.29, 1.82) is 0 Å². The first kappa shape index (κ1) is 22.5. The molecule has 1 atom stereocenters. The molecule has 0 aromatic heterocycles. The van der Waals surface area contributed by atoms with Gasteiger partial charge in [0.1, 0.15) is 5.84 Å². The highest BCUT2D eigenvalue weighted by Gasteiger charge is 2.28. The summed E-state index contributed by atoms with van der Waals surface area (Å²) in [6.07, 6.45) is 3.90. The number of amides is 1. The van der Waals surface area contributed by atoms with Crippen LogP contribution in [0.1, 0.15) is 44.2 Å². The van der Waals surface area contributed by atoms with Gasteiger partial charge in [-0.1, -0.05) is 36.4 Å². The molecule has 1 fully saturated rings. The second-order valence-corrected chi connectivity index (χ2v) is 10.3. The molecular weight excluding hydrogens is 424 g/mol. The smallest absolute Gasteiger partial charge is 0.262 e. The van der Waals surface area contributed by atoms with E-state index in [1.165, 1.54) is 30.5 Å². The van der Waals surface area contributed by atoms with E-state index >= 15 is 0 Å². The number of rotatable bonds is 9. The van der Waals surface area contributed by atoms with Crippen LogP contribution in [0.3, 0.4) is 0 Å². The second kappa shape index (κ2) is 9.83. The number of amidine groups is 1. The van der Waals surface area contributed by atoms with Crippen LogP contribution in [0.2, 0.25) is 0 Å². The van der Waals surface area contributed by atoms with Crippen molar-refractivity contribution in [3.8, 4) is 0 Å². The largest absolute Gasteiger partial charge is 0.325 e. The number of nitrogens with one attached hydrogen (secondary N) is 2. The summed E-state index contributed by atoms with van der Waals surface area (Å²) >= 11 is 0. The monoisotopic (exact) mass is 454 g/mol. The minimum absolute atomic E-state index is 0.109. The standard InChI is InChI=1S/C24H30N4O3S/c1-18(20-7-3-2-4-8-20)28(16-19-12-13-19)17-24(29)26-21-9-5-10-22(15-21)32(30,31)27-23-11-6-14-25-23/h2-5,7-10,15,18-19H,6,11-14,16-17H2,1H3,(H,25,27)(H,26,29). The topological polar surface area (TPSA) is 90.9 Å². The molecule has 2 aromatic carbocycles. The van der Waals surface area contributed by atoms with Crippen LogP contribution in [0, 0.1) is 5.92 Å². The maximum Gasteiger partial charge on any atom is 0.262 e. The van der Waals surface area contributed by atoms with Gasteiger partial charge in [0, 0.05) is 31.2 Å². The van der Waals surface area contributed by atoms with Gasteiger partial charge in [0.2, 0.25) is 5.91 Å². The Kier molecular flexibility index (Phi) is 6.91. The summed E-state index contributed by atoms with van der Waals surface area (Å²) in [6.45, 7) is 3.89. The average molecular weight is 455 g/mol. The number of aliphatic imine (C=N–C) groups is 1. The third-order valence-electron chi connectivity index (χ3n) is 5.92. The SMILES string of the molecule is CC(c1ccccc1)N(CC(=O)Nc1cccc(S(=O)(=O)NC2=NCCC2)c1)CC1CC1. The Morgan fingerprint density at radius 1 is 1.16 bits per heavy atom. The summed E-state index contributed by atoms with van der Waals surface area (Å²) in [5, 5.41) is 2.88. The number of sulfonamides is 1. The number of hydrogen-bond acceptors (Lipinski definition) is 5. The fraction of sp³-hybridized carbons (Fsp3) is 0.417. The van der Waals surface area contributed by atoms with Crippen molar-refractivity contribution >= 4 is 27.5 Å². The summed E-state index contributed by atoms with van der Waals surface area (Å²) < 4.78 is 27.9. The van der Waals surface area contributed by atoms with Crippen molar-refractivity contribution in [3.63, 3.8) is 0 Å². The van der Waals surface area contributed by atoms with Gasteiger partial charge in [0.15, 0.2) is 0 Å². The fourth-order valence-corrected chi connectivity index (χ4v) is 5.03. The van der Waals surface area contributed by atoms with Crippen LogP contribution >= 0.6 is 0 Å². The molecule has 4 rings (SSSR count). The normalized spacial score (nSPS) is 17.1. The van der Waals surface area contributed by atoms with Crippen molar-refractivity contribution in [2.24, 2.45) is 10.9 Å². The van der Waals surface area contributed by atoms with Gasteiger partial charge >= 0.3 is 0 Å². The van der Waals surface area contributed by atoms with E-state index < -0.39 is 10.0 Å². The van der Waals surface area contributed by atoms with Gasteiger partial charge in [0.05, 0.1) is 11.4 Å². The number of anilines is 1. The molecule has 1 saturated carbocycles. The molecule has 0 spiro atoms. The summed E-state index contributed by atoms with van der Waals surface area (Å²) in [5.74, 6) is 0.980. The third-order valence-corrected chi connectivity index (χ3v) is 7.30. The van der Waals surface area contributed by atoms with Crippen LogP contribution in [0.4, 0.5) is 5.69 Å². The van der Waals surface area contributed by atoms with E-state index in [4.69, 9.17) is 0 Å². The van der Waals surface area contributed by atoms with Gasteiger partial charge in [-0.2, -0.15) is 0 Å². The molecule has 2 aromatic rings. The Hall–Kier alpha value is -2.71. The molecule has 1 amide bonds. The lowest BCUT2D eigenvalue weighted by atomic mass is 10.1. The molecule has 2 aliphatic rings. The van der Waals surface area contributed by atoms with Crippen molar-refractivity contribution in [2.45, 2.75) is 43.5 Å². The average Bonchev–Trinajstić information content (AvgIpc) is 3.46. The minimum Gasteiger partial charge on any atom is -0.325 e. The van der Waals surface area contributed by atoms with Gasteiger partial charge in [-0.15, -0.1) is 0 Å². The van der Waals surface area contributed by atoms with Crippen LogP contribution in [0.5, 0.6) is 0 Å². The molecule has 0 bridgehead atoms. The molecule has 7 nitrogen and oxygen atoms in total. The van der Waals surface area contributed by atoms with Crippen LogP contribution in [0.25, 0.3) is 0 Å². The Morgan fingerprint density at radius 2 is 1.94 bits per heavy atom. The first-order chi connectivity index (χ1) is 15.4. The third kappa shape index (κ3) is 5.95. The Labute approximate surface area is 190 Å². The highest BCUT2D eigenvalue weighted by atomic mass is 32.2. The van der Waals surface area contributed by atoms with Crippen molar-refractivity contribution in [1.82, 2.24) is 9.62 Å². The molecule has 170 valence electrons. The lowest BCUT2D eigenvalue weighted by Gasteiger charge is -2.29. The fourth-order valence-electron chi connectivity index (χ4n) is 3.90. The van der Waals surface area contributed by atoms with E-state index in [0.29, 0.717) is 30.4 Å². The van der Waals surface area contributed by atoms with Gasteiger partial charge in [-0.25, -0.2) is 8.42 Å². The van der Waals surface area contributed by atoms with Crippen molar-refractivity contribution in [3.05, 3.63) is 60.2 Å². The maximum atomic E-state index is 12.9. The highest BCUT2D eigenvalue weighted by molar-refractivity contribution is 7.90. The predicted molar refractivity (Wildman–Crippen MR) is 126 cm³/mol. The summed E-state index contributed by atoms with van der Waals surface area (Å²) in [6, 6.07) is 16.6. The molecular formula is C24H30N4O3S. The molecule has 2 N–H and O–H groups in total. The first-order valence-electron chi connectivity index (χ1n) is 11.2. The zero-order chi connectivity index (χ0) is 22.6. The number of carbonyl (C=O) groups excluding carboxylic acids is 1. The molecule has 1 aliphatic heterocycles. The number of carbonyl (C=O) groups is 1. The van der Waals surface area contributed by atoms with E-state index in [2.05, 4.69) is 39.0 Å². The lowest BCUT2D eigenvalue weighted by Crippen LogP contribution is -2.36. The van der Waals surface area contributed by atoms with Gasteiger partial charge in [-0.05, 0) is 55.9 Å². The van der Waals surface area contributed by atoms with E-state index in [1.54, 1.807) is 12.1 Å². The van der Waals surface area contributed by atoms with Crippen molar-refractivity contribution in [2.75, 3.05) is 25.0 Å². The predicted octanol–water partition coefficient (Wildman–Crippen LogP) is 3.57. The Balaban J connectivity index is 1.42. The van der Waals surface area contributed by atoms with Crippen LogP contribution in [-0.2, 0) is 14.8 Å². The zero-order valence-electron chi connectivity index (χ0n) is 18.3. The molecule has 1 aliphatic carbocycles. The second-order valence-electron chi connectivity index (χ2n) is 8.57. The van der Waals surface area contributed by atoms with Gasteiger partial charge in [-0.3, -0.25) is 19.4 Å². The molecule has 1 unspecified atom stereocenters. The molecule has 32 heavy (non-hydrogen) atoms. The molecule has 0 radical (unpaired) electrons. The molecule has 1 heterocycles. The number of benzene rings is 2. The summed E-state index contributed by atoms with van der Waals surface area (Å²) in [5.41, 5.74) is 1.64. The zero-order valence-corrected chi connectivity index (χ0v) is 19.1. The van der Waals surface area contributed by atoms with Crippen LogP contribution in [0.15, 0.2) is 64.5 Å². The first-order valence-corrected chi connectivity index (χ1v) is 12.6. The maximum absolute atomic E-state index is 12.9. The number of nitrogens with zero attached hydrogens (tertiary/aromatic N) is 2. The number of hydrogen-bond donors (Lipinski definition) is 2.